The Morgan fingerprint density at radius 1 is 0.960 bits per heavy atom. The third-order valence-electron chi connectivity index (χ3n) is 5.10. The zero-order chi connectivity index (χ0) is 16.7. The van der Waals surface area contributed by atoms with Crippen LogP contribution in [0, 0.1) is 0 Å². The first-order chi connectivity index (χ1) is 12.4. The summed E-state index contributed by atoms with van der Waals surface area (Å²) in [5.74, 6) is 0. The molecule has 2 nitrogen and oxygen atoms in total. The van der Waals surface area contributed by atoms with E-state index in [1.807, 2.05) is 6.08 Å². The summed E-state index contributed by atoms with van der Waals surface area (Å²) in [6.45, 7) is 0. The molecule has 5 rings (SSSR count). The summed E-state index contributed by atoms with van der Waals surface area (Å²) in [6.07, 6.45) is 10.8. The Kier molecular flexibility index (Phi) is 3.44. The molecule has 25 heavy (non-hydrogen) atoms. The highest BCUT2D eigenvalue weighted by atomic mass is 32.1. The second kappa shape index (κ2) is 5.80. The molecule has 0 amide bonds. The second-order valence-corrected chi connectivity index (χ2v) is 7.72. The monoisotopic (exact) mass is 342 g/mol. The first kappa shape index (κ1) is 14.8. The molecule has 0 spiro atoms. The maximum Gasteiger partial charge on any atom is 0.144 e. The van der Waals surface area contributed by atoms with E-state index in [1.54, 1.807) is 11.3 Å². The highest BCUT2D eigenvalue weighted by Gasteiger charge is 2.47. The van der Waals surface area contributed by atoms with Crippen LogP contribution in [0.1, 0.15) is 41.9 Å². The van der Waals surface area contributed by atoms with Crippen molar-refractivity contribution in [3.05, 3.63) is 82.7 Å². The van der Waals surface area contributed by atoms with Gasteiger partial charge in [-0.3, -0.25) is 0 Å². The van der Waals surface area contributed by atoms with E-state index in [-0.39, 0.29) is 5.41 Å². The first-order valence-corrected chi connectivity index (χ1v) is 9.62. The molecule has 1 aromatic carbocycles. The minimum atomic E-state index is 0.115. The third kappa shape index (κ3) is 2.57. The molecule has 2 aromatic heterocycles. The molecule has 0 saturated heterocycles. The SMILES string of the molecule is C1=CCCC=C(c2nc3ccc(C4(c5ccccc5)CC4)nc3s2)C=1. The fraction of sp³-hybridized carbons (Fsp3) is 0.227. The van der Waals surface area contributed by atoms with Crippen molar-refractivity contribution in [2.24, 2.45) is 0 Å². The van der Waals surface area contributed by atoms with Crippen LogP contribution in [0.4, 0.5) is 0 Å². The normalized spacial score (nSPS) is 18.2. The average Bonchev–Trinajstić information content (AvgIpc) is 3.42. The maximum atomic E-state index is 5.01. The van der Waals surface area contributed by atoms with Gasteiger partial charge >= 0.3 is 0 Å². The van der Waals surface area contributed by atoms with Crippen LogP contribution in [0.3, 0.4) is 0 Å². The van der Waals surface area contributed by atoms with E-state index in [1.165, 1.54) is 29.7 Å². The fourth-order valence-electron chi connectivity index (χ4n) is 3.54. The molecule has 2 aliphatic rings. The Morgan fingerprint density at radius 3 is 2.68 bits per heavy atom. The standard InChI is InChI=1S/C22H18N2S/c1-2-5-9-16(8-4-1)20-23-18-12-13-19(24-21(18)25-20)22(14-15-22)17-10-6-3-7-11-17/h1,3,6-13H,2,5,14-15H2. The molecule has 0 N–H and O–H groups in total. The van der Waals surface area contributed by atoms with Crippen LogP contribution >= 0.6 is 11.3 Å². The zero-order valence-corrected chi connectivity index (χ0v) is 14.7. The van der Waals surface area contributed by atoms with E-state index in [0.717, 1.165) is 28.2 Å². The smallest absolute Gasteiger partial charge is 0.144 e. The molecular formula is C22H18N2S. The lowest BCUT2D eigenvalue weighted by Crippen LogP contribution is -2.10. The van der Waals surface area contributed by atoms with E-state index in [2.05, 4.69) is 60.3 Å². The van der Waals surface area contributed by atoms with Gasteiger partial charge in [-0.1, -0.05) is 47.7 Å². The number of nitrogens with zero attached hydrogens (tertiary/aromatic N) is 2. The van der Waals surface area contributed by atoms with Crippen LogP contribution in [0.15, 0.2) is 66.4 Å². The first-order valence-electron chi connectivity index (χ1n) is 8.80. The van der Waals surface area contributed by atoms with E-state index >= 15 is 0 Å². The number of pyridine rings is 1. The van der Waals surface area contributed by atoms with Crippen LogP contribution in [0.2, 0.25) is 0 Å². The lowest BCUT2D eigenvalue weighted by atomic mass is 9.92. The van der Waals surface area contributed by atoms with Crippen molar-refractivity contribution in [3.8, 4) is 0 Å². The third-order valence-corrected chi connectivity index (χ3v) is 6.12. The van der Waals surface area contributed by atoms with Gasteiger partial charge in [0.15, 0.2) is 0 Å². The van der Waals surface area contributed by atoms with Gasteiger partial charge in [0.2, 0.25) is 0 Å². The molecular weight excluding hydrogens is 324 g/mol. The van der Waals surface area contributed by atoms with Gasteiger partial charge in [-0.2, -0.15) is 0 Å². The summed E-state index contributed by atoms with van der Waals surface area (Å²) in [6, 6.07) is 15.1. The topological polar surface area (TPSA) is 25.8 Å². The second-order valence-electron chi connectivity index (χ2n) is 6.74. The highest BCUT2D eigenvalue weighted by Crippen LogP contribution is 2.53. The number of hydrogen-bond donors (Lipinski definition) is 0. The molecule has 0 aliphatic heterocycles. The Balaban J connectivity index is 1.57. The molecule has 2 aliphatic carbocycles. The number of hydrogen-bond acceptors (Lipinski definition) is 3. The quantitative estimate of drug-likeness (QED) is 0.574. The van der Waals surface area contributed by atoms with Crippen LogP contribution in [-0.2, 0) is 5.41 Å². The number of allylic oxidation sites excluding steroid dienone is 3. The van der Waals surface area contributed by atoms with Gasteiger partial charge in [0, 0.05) is 11.0 Å². The van der Waals surface area contributed by atoms with Gasteiger partial charge < -0.3 is 0 Å². The van der Waals surface area contributed by atoms with Gasteiger partial charge in [-0.15, -0.1) is 5.73 Å². The Labute approximate surface area is 151 Å². The van der Waals surface area contributed by atoms with E-state index in [4.69, 9.17) is 9.97 Å². The Hall–Kier alpha value is -2.48. The molecule has 1 fully saturated rings. The van der Waals surface area contributed by atoms with E-state index in [0.29, 0.717) is 0 Å². The minimum absolute atomic E-state index is 0.115. The molecule has 3 heteroatoms. The van der Waals surface area contributed by atoms with Crippen molar-refractivity contribution in [3.63, 3.8) is 0 Å². The van der Waals surface area contributed by atoms with Gasteiger partial charge in [0.05, 0.1) is 5.69 Å². The summed E-state index contributed by atoms with van der Waals surface area (Å²) >= 11 is 1.69. The van der Waals surface area contributed by atoms with E-state index < -0.39 is 0 Å². The van der Waals surface area contributed by atoms with Gasteiger partial charge in [-0.25, -0.2) is 9.97 Å². The zero-order valence-electron chi connectivity index (χ0n) is 13.9. The maximum absolute atomic E-state index is 5.01. The molecule has 0 radical (unpaired) electrons. The number of benzene rings is 1. The van der Waals surface area contributed by atoms with Crippen molar-refractivity contribution < 1.29 is 0 Å². The predicted octanol–water partition coefficient (Wildman–Crippen LogP) is 5.66. The molecule has 2 heterocycles. The van der Waals surface area contributed by atoms with E-state index in [9.17, 15) is 0 Å². The molecule has 0 bridgehead atoms. The van der Waals surface area contributed by atoms with Crippen LogP contribution in [-0.4, -0.2) is 9.97 Å². The van der Waals surface area contributed by atoms with Crippen LogP contribution < -0.4 is 0 Å². The van der Waals surface area contributed by atoms with Crippen molar-refractivity contribution in [1.82, 2.24) is 9.97 Å². The molecule has 0 unspecified atom stereocenters. The number of fused-ring (bicyclic) bond motifs is 1. The van der Waals surface area contributed by atoms with Gasteiger partial charge in [0.25, 0.3) is 0 Å². The summed E-state index contributed by atoms with van der Waals surface area (Å²) in [5, 5.41) is 1.05. The minimum Gasteiger partial charge on any atom is -0.239 e. The summed E-state index contributed by atoms with van der Waals surface area (Å²) in [4.78, 5) is 10.8. The van der Waals surface area contributed by atoms with Crippen molar-refractivity contribution in [1.29, 1.82) is 0 Å². The highest BCUT2D eigenvalue weighted by molar-refractivity contribution is 7.19. The van der Waals surface area contributed by atoms with Crippen molar-refractivity contribution in [2.75, 3.05) is 0 Å². The Morgan fingerprint density at radius 2 is 1.84 bits per heavy atom. The summed E-state index contributed by atoms with van der Waals surface area (Å²) < 4.78 is 0. The van der Waals surface area contributed by atoms with Crippen LogP contribution in [0.25, 0.3) is 15.9 Å². The summed E-state index contributed by atoms with van der Waals surface area (Å²) in [7, 11) is 0. The lowest BCUT2D eigenvalue weighted by Gasteiger charge is -2.14. The van der Waals surface area contributed by atoms with Gasteiger partial charge in [-0.05, 0) is 55.5 Å². The number of thiazole rings is 1. The van der Waals surface area contributed by atoms with Crippen molar-refractivity contribution in [2.45, 2.75) is 31.1 Å². The van der Waals surface area contributed by atoms with Gasteiger partial charge in [0.1, 0.15) is 15.4 Å². The Bertz CT molecular complexity index is 1030. The van der Waals surface area contributed by atoms with Crippen molar-refractivity contribution >= 4 is 27.3 Å². The number of rotatable bonds is 3. The molecule has 3 aromatic rings. The lowest BCUT2D eigenvalue weighted by molar-refractivity contribution is 0.811. The van der Waals surface area contributed by atoms with Crippen LogP contribution in [0.5, 0.6) is 0 Å². The molecule has 0 atom stereocenters. The molecule has 122 valence electrons. The average molecular weight is 342 g/mol. The fourth-order valence-corrected chi connectivity index (χ4v) is 4.49. The predicted molar refractivity (Wildman–Crippen MR) is 104 cm³/mol. The largest absolute Gasteiger partial charge is 0.239 e. The summed E-state index contributed by atoms with van der Waals surface area (Å²) in [5.41, 5.74) is 8.08. The molecule has 1 saturated carbocycles. The number of aromatic nitrogens is 2.